The molecule has 2 heterocycles. The highest BCUT2D eigenvalue weighted by molar-refractivity contribution is 5.79. The van der Waals surface area contributed by atoms with E-state index in [1.54, 1.807) is 6.20 Å². The second-order valence-electron chi connectivity index (χ2n) is 3.60. The average Bonchev–Trinajstić information content (AvgIpc) is 2.86. The van der Waals surface area contributed by atoms with Crippen LogP contribution in [0.1, 0.15) is 0 Å². The Hall–Kier alpha value is -2.30. The van der Waals surface area contributed by atoms with E-state index in [4.69, 9.17) is 10.2 Å². The Bertz CT molecular complexity index is 653. The molecule has 0 atom stereocenters. The van der Waals surface area contributed by atoms with Crippen molar-refractivity contribution in [2.75, 3.05) is 5.73 Å². The number of fused-ring (bicyclic) bond motifs is 1. The molecule has 0 amide bonds. The Morgan fingerprint density at radius 1 is 1.31 bits per heavy atom. The summed E-state index contributed by atoms with van der Waals surface area (Å²) < 4.78 is 7.09. The number of oxazole rings is 1. The third kappa shape index (κ3) is 1.18. The van der Waals surface area contributed by atoms with Gasteiger partial charge in [0.15, 0.2) is 17.9 Å². The van der Waals surface area contributed by atoms with E-state index in [0.717, 1.165) is 22.4 Å². The van der Waals surface area contributed by atoms with E-state index in [2.05, 4.69) is 9.97 Å². The van der Waals surface area contributed by atoms with Crippen molar-refractivity contribution in [1.82, 2.24) is 14.5 Å². The predicted octanol–water partition coefficient (Wildman–Crippen LogP) is 1.81. The third-order valence-corrected chi connectivity index (χ3v) is 2.65. The third-order valence-electron chi connectivity index (χ3n) is 2.65. The van der Waals surface area contributed by atoms with Gasteiger partial charge in [-0.1, -0.05) is 6.07 Å². The van der Waals surface area contributed by atoms with Crippen LogP contribution in [0.4, 0.5) is 5.95 Å². The molecule has 0 fully saturated rings. The summed E-state index contributed by atoms with van der Waals surface area (Å²) in [5.41, 5.74) is 9.26. The zero-order valence-electron chi connectivity index (χ0n) is 8.71. The normalized spacial score (nSPS) is 11.1. The molecule has 80 valence electrons. The van der Waals surface area contributed by atoms with Gasteiger partial charge in [-0.25, -0.2) is 9.97 Å². The van der Waals surface area contributed by atoms with E-state index in [9.17, 15) is 0 Å². The summed E-state index contributed by atoms with van der Waals surface area (Å²) in [5.74, 6) is 0.493. The largest absolute Gasteiger partial charge is 0.443 e. The van der Waals surface area contributed by atoms with E-state index in [-0.39, 0.29) is 0 Å². The molecule has 0 bridgehead atoms. The maximum Gasteiger partial charge on any atom is 0.200 e. The first-order valence-corrected chi connectivity index (χ1v) is 4.86. The minimum atomic E-state index is 0.493. The number of nitrogens with two attached hydrogens (primary N) is 1. The SMILES string of the molecule is Cn1c(-c2ccc3ncoc3c2)cnc1N. The summed E-state index contributed by atoms with van der Waals surface area (Å²) in [5, 5.41) is 0. The van der Waals surface area contributed by atoms with Gasteiger partial charge in [-0.15, -0.1) is 0 Å². The van der Waals surface area contributed by atoms with Crippen molar-refractivity contribution in [1.29, 1.82) is 0 Å². The minimum absolute atomic E-state index is 0.493. The van der Waals surface area contributed by atoms with Crippen LogP contribution in [0, 0.1) is 0 Å². The zero-order chi connectivity index (χ0) is 11.1. The van der Waals surface area contributed by atoms with Gasteiger partial charge in [-0.3, -0.25) is 0 Å². The lowest BCUT2D eigenvalue weighted by molar-refractivity contribution is 0.602. The molecule has 0 aliphatic rings. The van der Waals surface area contributed by atoms with Crippen LogP contribution in [0.15, 0.2) is 35.2 Å². The molecular formula is C11H10N4O. The molecule has 0 aliphatic carbocycles. The summed E-state index contributed by atoms with van der Waals surface area (Å²) >= 11 is 0. The molecule has 5 heteroatoms. The Kier molecular flexibility index (Phi) is 1.73. The van der Waals surface area contributed by atoms with Crippen LogP contribution >= 0.6 is 0 Å². The Morgan fingerprint density at radius 2 is 2.19 bits per heavy atom. The van der Waals surface area contributed by atoms with Gasteiger partial charge in [0.05, 0.1) is 11.9 Å². The van der Waals surface area contributed by atoms with Crippen molar-refractivity contribution in [2.24, 2.45) is 7.05 Å². The first-order valence-electron chi connectivity index (χ1n) is 4.86. The van der Waals surface area contributed by atoms with Crippen LogP contribution in [-0.2, 0) is 7.05 Å². The maximum absolute atomic E-state index is 5.69. The minimum Gasteiger partial charge on any atom is -0.443 e. The first kappa shape index (κ1) is 8.96. The van der Waals surface area contributed by atoms with Crippen molar-refractivity contribution in [3.8, 4) is 11.3 Å². The summed E-state index contributed by atoms with van der Waals surface area (Å²) in [6, 6.07) is 5.82. The number of nitrogen functional groups attached to an aromatic ring is 1. The highest BCUT2D eigenvalue weighted by atomic mass is 16.3. The molecule has 0 radical (unpaired) electrons. The standard InChI is InChI=1S/C11H10N4O/c1-15-9(5-13-11(15)12)7-2-3-8-10(4-7)16-6-14-8/h2-6H,1H3,(H2,12,13). The van der Waals surface area contributed by atoms with E-state index >= 15 is 0 Å². The fourth-order valence-corrected chi connectivity index (χ4v) is 1.71. The summed E-state index contributed by atoms with van der Waals surface area (Å²) in [4.78, 5) is 8.12. The van der Waals surface area contributed by atoms with Crippen LogP contribution in [0.5, 0.6) is 0 Å². The van der Waals surface area contributed by atoms with E-state index in [1.165, 1.54) is 6.39 Å². The molecule has 0 saturated carbocycles. The lowest BCUT2D eigenvalue weighted by Gasteiger charge is -2.02. The van der Waals surface area contributed by atoms with Crippen LogP contribution in [0.2, 0.25) is 0 Å². The van der Waals surface area contributed by atoms with Gasteiger partial charge in [-0.05, 0) is 12.1 Å². The monoisotopic (exact) mass is 214 g/mol. The van der Waals surface area contributed by atoms with Crippen molar-refractivity contribution in [3.05, 3.63) is 30.8 Å². The van der Waals surface area contributed by atoms with Crippen LogP contribution in [0.25, 0.3) is 22.4 Å². The lowest BCUT2D eigenvalue weighted by Crippen LogP contribution is -1.98. The van der Waals surface area contributed by atoms with Gasteiger partial charge in [0.2, 0.25) is 0 Å². The Balaban J connectivity index is 2.21. The van der Waals surface area contributed by atoms with E-state index in [0.29, 0.717) is 5.95 Å². The van der Waals surface area contributed by atoms with Gasteiger partial charge in [0.1, 0.15) is 5.52 Å². The number of benzene rings is 1. The molecular weight excluding hydrogens is 204 g/mol. The first-order chi connectivity index (χ1) is 7.75. The van der Waals surface area contributed by atoms with Gasteiger partial charge >= 0.3 is 0 Å². The fraction of sp³-hybridized carbons (Fsp3) is 0.0909. The number of hydrogen-bond acceptors (Lipinski definition) is 4. The average molecular weight is 214 g/mol. The number of hydrogen-bond donors (Lipinski definition) is 1. The van der Waals surface area contributed by atoms with Gasteiger partial charge in [0, 0.05) is 12.6 Å². The molecule has 3 aromatic rings. The summed E-state index contributed by atoms with van der Waals surface area (Å²) in [6.45, 7) is 0. The number of rotatable bonds is 1. The highest BCUT2D eigenvalue weighted by Crippen LogP contribution is 2.24. The van der Waals surface area contributed by atoms with Gasteiger partial charge in [0.25, 0.3) is 0 Å². The van der Waals surface area contributed by atoms with Crippen molar-refractivity contribution in [2.45, 2.75) is 0 Å². The number of imidazole rings is 1. The molecule has 3 rings (SSSR count). The number of nitrogens with zero attached hydrogens (tertiary/aromatic N) is 3. The Morgan fingerprint density at radius 3 is 2.94 bits per heavy atom. The molecule has 0 aliphatic heterocycles. The molecule has 0 saturated heterocycles. The molecule has 2 N–H and O–H groups in total. The maximum atomic E-state index is 5.69. The van der Waals surface area contributed by atoms with Crippen molar-refractivity contribution < 1.29 is 4.42 Å². The second kappa shape index (κ2) is 3.10. The van der Waals surface area contributed by atoms with E-state index < -0.39 is 0 Å². The quantitative estimate of drug-likeness (QED) is 0.670. The van der Waals surface area contributed by atoms with Gasteiger partial charge < -0.3 is 14.7 Å². The van der Waals surface area contributed by atoms with Gasteiger partial charge in [-0.2, -0.15) is 0 Å². The zero-order valence-corrected chi connectivity index (χ0v) is 8.71. The van der Waals surface area contributed by atoms with Crippen molar-refractivity contribution in [3.63, 3.8) is 0 Å². The van der Waals surface area contributed by atoms with Crippen LogP contribution in [0.3, 0.4) is 0 Å². The highest BCUT2D eigenvalue weighted by Gasteiger charge is 2.07. The number of anilines is 1. The molecule has 1 aromatic carbocycles. The predicted molar refractivity (Wildman–Crippen MR) is 60.6 cm³/mol. The summed E-state index contributed by atoms with van der Waals surface area (Å²) in [7, 11) is 1.88. The van der Waals surface area contributed by atoms with E-state index in [1.807, 2.05) is 29.8 Å². The fourth-order valence-electron chi connectivity index (χ4n) is 1.71. The summed E-state index contributed by atoms with van der Waals surface area (Å²) in [6.07, 6.45) is 3.18. The smallest absolute Gasteiger partial charge is 0.200 e. The lowest BCUT2D eigenvalue weighted by atomic mass is 10.1. The molecule has 16 heavy (non-hydrogen) atoms. The van der Waals surface area contributed by atoms with Crippen molar-refractivity contribution >= 4 is 17.0 Å². The molecule has 0 spiro atoms. The molecule has 2 aromatic heterocycles. The topological polar surface area (TPSA) is 69.9 Å². The Labute approximate surface area is 91.5 Å². The molecule has 5 nitrogen and oxygen atoms in total. The van der Waals surface area contributed by atoms with Crippen LogP contribution in [-0.4, -0.2) is 14.5 Å². The second-order valence-corrected chi connectivity index (χ2v) is 3.60. The molecule has 0 unspecified atom stereocenters. The number of aromatic nitrogens is 3. The van der Waals surface area contributed by atoms with Crippen LogP contribution < -0.4 is 5.73 Å².